The van der Waals surface area contributed by atoms with Gasteiger partial charge in [0.1, 0.15) is 41.4 Å². The first kappa shape index (κ1) is 48.8. The molecular weight excluding hydrogens is 841 g/mol. The van der Waals surface area contributed by atoms with Crippen LogP contribution < -0.4 is 0 Å². The first-order valence-electron chi connectivity index (χ1n) is 23.8. The summed E-state index contributed by atoms with van der Waals surface area (Å²) in [5, 5.41) is 47.7. The maximum absolute atomic E-state index is 13.5. The van der Waals surface area contributed by atoms with Gasteiger partial charge in [-0.2, -0.15) is 0 Å². The summed E-state index contributed by atoms with van der Waals surface area (Å²) in [6.45, 7) is 11.0. The number of methoxy groups -OCH3 is 2. The molecule has 0 aromatic heterocycles. The van der Waals surface area contributed by atoms with Crippen LogP contribution in [-0.4, -0.2) is 144 Å². The summed E-state index contributed by atoms with van der Waals surface area (Å²) in [6.07, 6.45) is 0.769. The minimum Gasteiger partial charge on any atom is -0.458 e. The van der Waals surface area contributed by atoms with E-state index < -0.39 is 120 Å². The Kier molecular flexibility index (Phi) is 14.3. The van der Waals surface area contributed by atoms with Gasteiger partial charge in [-0.3, -0.25) is 4.79 Å². The average molecular weight is 913 g/mol. The highest BCUT2D eigenvalue weighted by Crippen LogP contribution is 2.70. The molecule has 20 atom stereocenters. The van der Waals surface area contributed by atoms with E-state index in [0.717, 1.165) is 11.1 Å². The zero-order valence-corrected chi connectivity index (χ0v) is 39.2. The van der Waals surface area contributed by atoms with Crippen LogP contribution in [0.4, 0.5) is 0 Å². The molecule has 0 amide bonds. The second kappa shape index (κ2) is 19.0. The summed E-state index contributed by atoms with van der Waals surface area (Å²) >= 11 is 0. The lowest BCUT2D eigenvalue weighted by atomic mass is 9.43. The fourth-order valence-corrected chi connectivity index (χ4v) is 13.2. The molecular formula is C50H72O15. The molecule has 3 heterocycles. The van der Waals surface area contributed by atoms with Crippen LogP contribution in [-0.2, 0) is 52.2 Å². The number of esters is 1. The number of carbonyl (C=O) groups excluding carboxylic acids is 2. The van der Waals surface area contributed by atoms with Crippen LogP contribution in [0.25, 0.3) is 6.08 Å². The van der Waals surface area contributed by atoms with E-state index in [4.69, 9.17) is 42.6 Å². The number of aliphatic hydroxyl groups excluding tert-OH is 2. The summed E-state index contributed by atoms with van der Waals surface area (Å²) in [7, 11) is 3.16. The summed E-state index contributed by atoms with van der Waals surface area (Å²) in [5.74, 6) is -1.71. The third-order valence-corrected chi connectivity index (χ3v) is 16.9. The summed E-state index contributed by atoms with van der Waals surface area (Å²) in [5.41, 5.74) is -3.05. The number of hydrogen-bond donors (Lipinski definition) is 4. The van der Waals surface area contributed by atoms with Crippen molar-refractivity contribution in [3.63, 3.8) is 0 Å². The molecule has 8 rings (SSSR count). The monoisotopic (exact) mass is 912 g/mol. The van der Waals surface area contributed by atoms with Gasteiger partial charge >= 0.3 is 5.97 Å². The molecule has 3 aliphatic heterocycles. The Morgan fingerprint density at radius 1 is 0.785 bits per heavy atom. The van der Waals surface area contributed by atoms with Crippen molar-refractivity contribution in [2.45, 2.75) is 203 Å². The summed E-state index contributed by atoms with van der Waals surface area (Å²) < 4.78 is 55.5. The quantitative estimate of drug-likeness (QED) is 0.125. The number of rotatable bonds is 12. The minimum atomic E-state index is -1.69. The first-order valence-corrected chi connectivity index (χ1v) is 23.8. The fourth-order valence-electron chi connectivity index (χ4n) is 13.2. The summed E-state index contributed by atoms with van der Waals surface area (Å²) in [4.78, 5) is 26.7. The Hall–Kier alpha value is -2.64. The number of aliphatic hydroxyl groups is 4. The van der Waals surface area contributed by atoms with E-state index in [-0.39, 0.29) is 37.6 Å². The number of ketones is 1. The van der Waals surface area contributed by atoms with Gasteiger partial charge in [-0.25, -0.2) is 4.79 Å². The van der Waals surface area contributed by atoms with E-state index in [0.29, 0.717) is 38.5 Å². The van der Waals surface area contributed by atoms with E-state index in [1.165, 1.54) is 13.0 Å². The van der Waals surface area contributed by atoms with Gasteiger partial charge in [0.05, 0.1) is 42.7 Å². The molecule has 4 aliphatic carbocycles. The predicted molar refractivity (Wildman–Crippen MR) is 235 cm³/mol. The van der Waals surface area contributed by atoms with Gasteiger partial charge in [0.25, 0.3) is 0 Å². The lowest BCUT2D eigenvalue weighted by molar-refractivity contribution is -0.337. The number of carbonyl (C=O) groups is 2. The standard InChI is InChI=1S/C50H72O15/c1-27(51)34-18-21-50(56)48(34,6)39(63-40(53)15-14-31-12-10-9-11-13-31)26-38-47(5)19-17-33(22-32(47)16-20-49(38,50)55)62-41-23-35(52)45(29(3)60-41)64-43-25-37(58-8)46(30(4)61-43)65-42-24-36(57-7)44(54)28(2)59-42/h9-16,28-30,33-39,41-46,52,54-56H,17-26H2,1-8H3/b15-14+/t28-,29-,30-,33+,34+,35+,36-,37+,38-,39-,41+,42+,43+,44-,45-,46-,47+,48+,49+,50-/m1/s1. The van der Waals surface area contributed by atoms with E-state index in [9.17, 15) is 30.0 Å². The molecule has 1 aromatic carbocycles. The van der Waals surface area contributed by atoms with Gasteiger partial charge < -0.3 is 63.1 Å². The van der Waals surface area contributed by atoms with Crippen LogP contribution in [0, 0.1) is 22.7 Å². The van der Waals surface area contributed by atoms with Crippen molar-refractivity contribution >= 4 is 17.8 Å². The third-order valence-electron chi connectivity index (χ3n) is 16.9. The van der Waals surface area contributed by atoms with Crippen molar-refractivity contribution in [1.29, 1.82) is 0 Å². The van der Waals surface area contributed by atoms with Crippen molar-refractivity contribution in [1.82, 2.24) is 0 Å². The zero-order valence-electron chi connectivity index (χ0n) is 39.2. The van der Waals surface area contributed by atoms with Crippen molar-refractivity contribution < 1.29 is 72.6 Å². The molecule has 65 heavy (non-hydrogen) atoms. The molecule has 0 bridgehead atoms. The highest BCUT2D eigenvalue weighted by atomic mass is 16.7. The molecule has 3 saturated heterocycles. The second-order valence-corrected chi connectivity index (χ2v) is 20.4. The summed E-state index contributed by atoms with van der Waals surface area (Å²) in [6, 6.07) is 9.44. The first-order chi connectivity index (χ1) is 30.8. The van der Waals surface area contributed by atoms with Crippen LogP contribution in [0.5, 0.6) is 0 Å². The second-order valence-electron chi connectivity index (χ2n) is 20.4. The maximum Gasteiger partial charge on any atom is 0.331 e. The molecule has 4 N–H and O–H groups in total. The molecule has 0 spiro atoms. The van der Waals surface area contributed by atoms with Crippen molar-refractivity contribution in [2.75, 3.05) is 14.2 Å². The molecule has 1 aromatic rings. The lowest BCUT2D eigenvalue weighted by Gasteiger charge is -2.66. The Labute approximate surface area is 383 Å². The molecule has 15 nitrogen and oxygen atoms in total. The fraction of sp³-hybridized carbons (Fsp3) is 0.760. The largest absolute Gasteiger partial charge is 0.458 e. The third kappa shape index (κ3) is 8.84. The van der Waals surface area contributed by atoms with Gasteiger partial charge in [0, 0.05) is 56.8 Å². The van der Waals surface area contributed by atoms with E-state index in [2.05, 4.69) is 13.0 Å². The smallest absolute Gasteiger partial charge is 0.331 e. The Morgan fingerprint density at radius 2 is 1.42 bits per heavy atom. The van der Waals surface area contributed by atoms with Crippen LogP contribution in [0.1, 0.15) is 111 Å². The SMILES string of the molecule is CO[C@H]1C[C@H](O[C@H]2[C@@H](O)C[C@H](O[C@H]3CC[C@@]4(C)C(=CC[C@]5(O)[C@@H]4C[C@@H](OC(=O)/C=C/c4ccccc4)[C@]4(C)[C@H](C(C)=O)CC[C@@]45O)C3)O[C@@H]2C)O[C@H](C)[C@H]1O[C@H]1C[C@@H](OC)[C@H](O)[C@@H](C)O1. The number of benzene rings is 1. The molecule has 0 radical (unpaired) electrons. The number of hydrogen-bond acceptors (Lipinski definition) is 15. The van der Waals surface area contributed by atoms with Gasteiger partial charge in [0.15, 0.2) is 18.9 Å². The Balaban J connectivity index is 0.899. The van der Waals surface area contributed by atoms with Crippen LogP contribution in [0.15, 0.2) is 48.1 Å². The van der Waals surface area contributed by atoms with Gasteiger partial charge in [0.2, 0.25) is 0 Å². The van der Waals surface area contributed by atoms with Gasteiger partial charge in [-0.1, -0.05) is 55.8 Å². The molecule has 362 valence electrons. The average Bonchev–Trinajstić information content (AvgIpc) is 3.57. The number of Topliss-reactive ketones (excluding diaryl/α,β-unsaturated/α-hetero) is 1. The van der Waals surface area contributed by atoms with Gasteiger partial charge in [-0.05, 0) is 89.7 Å². The molecule has 6 fully saturated rings. The maximum atomic E-state index is 13.5. The zero-order chi connectivity index (χ0) is 46.6. The number of fused-ring (bicyclic) bond motifs is 5. The van der Waals surface area contributed by atoms with Crippen molar-refractivity contribution in [3.05, 3.63) is 53.6 Å². The molecule has 7 aliphatic rings. The Morgan fingerprint density at radius 3 is 2.08 bits per heavy atom. The van der Waals surface area contributed by atoms with Crippen LogP contribution in [0.3, 0.4) is 0 Å². The normalized spacial score (nSPS) is 47.6. The predicted octanol–water partition coefficient (Wildman–Crippen LogP) is 4.93. The highest BCUT2D eigenvalue weighted by molar-refractivity contribution is 5.87. The number of ether oxygens (including phenoxy) is 9. The van der Waals surface area contributed by atoms with Crippen molar-refractivity contribution in [3.8, 4) is 0 Å². The molecule has 15 heteroatoms. The highest BCUT2D eigenvalue weighted by Gasteiger charge is 2.77. The molecule has 0 unspecified atom stereocenters. The van der Waals surface area contributed by atoms with E-state index >= 15 is 0 Å². The Bertz CT molecular complexity index is 1900. The van der Waals surface area contributed by atoms with Crippen LogP contribution >= 0.6 is 0 Å². The van der Waals surface area contributed by atoms with E-state index in [1.807, 2.05) is 51.1 Å². The van der Waals surface area contributed by atoms with Crippen molar-refractivity contribution in [2.24, 2.45) is 22.7 Å². The van der Waals surface area contributed by atoms with Gasteiger partial charge in [-0.15, -0.1) is 0 Å². The lowest BCUT2D eigenvalue weighted by Crippen LogP contribution is -2.75. The topological polar surface area (TPSA) is 198 Å². The van der Waals surface area contributed by atoms with E-state index in [1.54, 1.807) is 27.2 Å². The minimum absolute atomic E-state index is 0.0925. The molecule has 3 saturated carbocycles. The van der Waals surface area contributed by atoms with Crippen LogP contribution in [0.2, 0.25) is 0 Å².